The van der Waals surface area contributed by atoms with Crippen LogP contribution in [0, 0.1) is 17.2 Å². The lowest BCUT2D eigenvalue weighted by atomic mass is 9.72. The molecule has 1 amide bonds. The number of pyridine rings is 2. The molecule has 0 aliphatic heterocycles. The van der Waals surface area contributed by atoms with E-state index in [1.54, 1.807) is 18.2 Å². The van der Waals surface area contributed by atoms with Crippen molar-refractivity contribution in [3.05, 3.63) is 103 Å². The number of amides is 1. The van der Waals surface area contributed by atoms with Gasteiger partial charge in [-0.1, -0.05) is 48.5 Å². The zero-order chi connectivity index (χ0) is 36.5. The minimum Gasteiger partial charge on any atom is -0.343 e. The van der Waals surface area contributed by atoms with E-state index >= 15 is 0 Å². The van der Waals surface area contributed by atoms with Crippen molar-refractivity contribution in [3.63, 3.8) is 0 Å². The maximum Gasteiger partial charge on any atom is 0.260 e. The molecule has 1 aliphatic carbocycles. The summed E-state index contributed by atoms with van der Waals surface area (Å²) in [5.41, 5.74) is 2.41. The highest BCUT2D eigenvalue weighted by Crippen LogP contribution is 2.47. The summed E-state index contributed by atoms with van der Waals surface area (Å²) in [6.07, 6.45) is 1.90. The van der Waals surface area contributed by atoms with Crippen LogP contribution in [0.4, 0.5) is 8.78 Å². The first kappa shape index (κ1) is 38.0. The number of hydrogen-bond donors (Lipinski definition) is 2. The van der Waals surface area contributed by atoms with Gasteiger partial charge in [0.25, 0.3) is 20.0 Å². The Labute approximate surface area is 300 Å². The lowest BCUT2D eigenvalue weighted by molar-refractivity contribution is -0.133. The van der Waals surface area contributed by atoms with Crippen LogP contribution in [0.3, 0.4) is 0 Å². The Morgan fingerprint density at radius 1 is 0.922 bits per heavy atom. The van der Waals surface area contributed by atoms with Gasteiger partial charge in [0, 0.05) is 55.5 Å². The number of nitriles is 1. The molecule has 2 N–H and O–H groups in total. The Kier molecular flexibility index (Phi) is 12.5. The van der Waals surface area contributed by atoms with E-state index in [0.29, 0.717) is 5.75 Å². The highest BCUT2D eigenvalue weighted by Gasteiger charge is 2.45. The Morgan fingerprint density at radius 3 is 2.25 bits per heavy atom. The van der Waals surface area contributed by atoms with Crippen molar-refractivity contribution in [2.75, 3.05) is 31.9 Å². The monoisotopic (exact) mass is 754 g/mol. The highest BCUT2D eigenvalue weighted by atomic mass is 32.2. The number of sulfonamides is 2. The first-order chi connectivity index (χ1) is 24.4. The largest absolute Gasteiger partial charge is 0.343 e. The number of carbonyl (C=O) groups is 1. The average molecular weight is 755 g/mol. The van der Waals surface area contributed by atoms with Gasteiger partial charge in [0.1, 0.15) is 6.54 Å². The second-order valence-electron chi connectivity index (χ2n) is 11.8. The van der Waals surface area contributed by atoms with E-state index in [1.165, 1.54) is 46.7 Å². The molecule has 0 saturated heterocycles. The van der Waals surface area contributed by atoms with Gasteiger partial charge in [-0.15, -0.1) is 11.8 Å². The summed E-state index contributed by atoms with van der Waals surface area (Å²) in [6.45, 7) is -0.542. The summed E-state index contributed by atoms with van der Waals surface area (Å²) in [6, 6.07) is 25.8. The Bertz CT molecular complexity index is 2050. The second kappa shape index (κ2) is 16.8. The van der Waals surface area contributed by atoms with Gasteiger partial charge in [0.2, 0.25) is 11.8 Å². The molecule has 4 aromatic rings. The van der Waals surface area contributed by atoms with Crippen LogP contribution in [0.25, 0.3) is 11.1 Å². The normalized spacial score (nSPS) is 17.5. The highest BCUT2D eigenvalue weighted by molar-refractivity contribution is 7.99. The van der Waals surface area contributed by atoms with Crippen LogP contribution in [0.1, 0.15) is 30.7 Å². The average Bonchev–Trinajstić information content (AvgIpc) is 3.14. The van der Waals surface area contributed by atoms with Crippen LogP contribution in [-0.4, -0.2) is 74.9 Å². The Balaban J connectivity index is 1.28. The van der Waals surface area contributed by atoms with E-state index < -0.39 is 50.1 Å². The predicted octanol–water partition coefficient (Wildman–Crippen LogP) is 5.06. The van der Waals surface area contributed by atoms with Gasteiger partial charge >= 0.3 is 0 Å². The molecule has 1 aliphatic rings. The summed E-state index contributed by atoms with van der Waals surface area (Å²) in [5.74, 6) is -4.65. The summed E-state index contributed by atoms with van der Waals surface area (Å²) in [5, 5.41) is 11.0. The maximum atomic E-state index is 14.5. The quantitative estimate of drug-likeness (QED) is 0.125. The lowest BCUT2D eigenvalue weighted by Gasteiger charge is -2.36. The third kappa shape index (κ3) is 9.75. The fourth-order valence-electron chi connectivity index (χ4n) is 5.99. The number of alkyl halides is 2. The number of aromatic nitrogens is 2. The Morgan fingerprint density at radius 2 is 1.59 bits per heavy atom. The minimum atomic E-state index is -4.05. The number of halogens is 2. The molecule has 1 saturated carbocycles. The van der Waals surface area contributed by atoms with Crippen molar-refractivity contribution in [2.45, 2.75) is 46.1 Å². The van der Waals surface area contributed by atoms with E-state index in [-0.39, 0.29) is 49.1 Å². The first-order valence-electron chi connectivity index (χ1n) is 16.1. The standard InChI is InChI=1S/C35H36F2N6O5S3/c36-35(37)16-15-30(31(25-35)34(44)41-20-17-38)29-8-2-1-7-28(29)26-11-13-27(14-12-26)49-24-23-43(51(47,48)33-10-4-6-19-40-33)22-21-42-50(45,46)32-9-3-5-18-39-32/h1-14,18-19,30-31,42H,15-16,20-25H2,(H,41,44)/t30-,31+/m0/s1. The second-order valence-corrected chi connectivity index (χ2v) is 16.6. The zero-order valence-corrected chi connectivity index (χ0v) is 29.8. The number of carbonyl (C=O) groups excluding carboxylic acids is 1. The molecule has 1 fully saturated rings. The minimum absolute atomic E-state index is 0.0566. The number of nitrogens with one attached hydrogen (secondary N) is 2. The van der Waals surface area contributed by atoms with Gasteiger partial charge in [-0.25, -0.2) is 40.3 Å². The Hall–Kier alpha value is -4.27. The van der Waals surface area contributed by atoms with Gasteiger partial charge in [-0.2, -0.15) is 9.57 Å². The molecule has 0 unspecified atom stereocenters. The van der Waals surface area contributed by atoms with Crippen LogP contribution in [0.5, 0.6) is 0 Å². The summed E-state index contributed by atoms with van der Waals surface area (Å²) >= 11 is 1.41. The van der Waals surface area contributed by atoms with Crippen LogP contribution in [-0.2, 0) is 24.8 Å². The number of thioether (sulfide) groups is 1. The molecule has 11 nitrogen and oxygen atoms in total. The third-order valence-electron chi connectivity index (χ3n) is 8.45. The zero-order valence-electron chi connectivity index (χ0n) is 27.4. The summed E-state index contributed by atoms with van der Waals surface area (Å²) in [7, 11) is -8.00. The van der Waals surface area contributed by atoms with E-state index in [4.69, 9.17) is 5.26 Å². The molecule has 0 radical (unpaired) electrons. The molecule has 268 valence electrons. The van der Waals surface area contributed by atoms with E-state index in [1.807, 2.05) is 54.6 Å². The maximum absolute atomic E-state index is 14.5. The first-order valence-corrected chi connectivity index (χ1v) is 20.0. The number of nitrogens with zero attached hydrogens (tertiary/aromatic N) is 4. The smallest absolute Gasteiger partial charge is 0.260 e. The van der Waals surface area contributed by atoms with Crippen molar-refractivity contribution in [3.8, 4) is 17.2 Å². The molecule has 2 atom stereocenters. The molecule has 51 heavy (non-hydrogen) atoms. The predicted molar refractivity (Wildman–Crippen MR) is 189 cm³/mol. The number of rotatable bonds is 15. The molecular weight excluding hydrogens is 719 g/mol. The number of benzene rings is 2. The van der Waals surface area contributed by atoms with Crippen LogP contribution in [0.15, 0.2) is 112 Å². The van der Waals surface area contributed by atoms with Crippen LogP contribution < -0.4 is 10.0 Å². The molecule has 0 spiro atoms. The van der Waals surface area contributed by atoms with Crippen molar-refractivity contribution in [1.82, 2.24) is 24.3 Å². The van der Waals surface area contributed by atoms with Crippen LogP contribution >= 0.6 is 11.8 Å². The van der Waals surface area contributed by atoms with Gasteiger partial charge in [0.15, 0.2) is 10.1 Å². The molecule has 2 heterocycles. The van der Waals surface area contributed by atoms with Gasteiger partial charge in [0.05, 0.1) is 12.0 Å². The third-order valence-corrected chi connectivity index (χ3v) is 12.6. The molecule has 16 heteroatoms. The molecule has 5 rings (SSSR count). The van der Waals surface area contributed by atoms with Gasteiger partial charge < -0.3 is 5.32 Å². The summed E-state index contributed by atoms with van der Waals surface area (Å²) in [4.78, 5) is 21.6. The van der Waals surface area contributed by atoms with Crippen molar-refractivity contribution in [1.29, 1.82) is 5.26 Å². The van der Waals surface area contributed by atoms with E-state index in [2.05, 4.69) is 20.0 Å². The van der Waals surface area contributed by atoms with Gasteiger partial charge in [-0.05, 0) is 65.4 Å². The van der Waals surface area contributed by atoms with Crippen LogP contribution in [0.2, 0.25) is 0 Å². The van der Waals surface area contributed by atoms with Crippen molar-refractivity contribution >= 4 is 37.7 Å². The topological polar surface area (TPSA) is 162 Å². The molecule has 2 aromatic carbocycles. The molecular formula is C35H36F2N6O5S3. The van der Waals surface area contributed by atoms with E-state index in [9.17, 15) is 30.4 Å². The van der Waals surface area contributed by atoms with Crippen molar-refractivity contribution in [2.24, 2.45) is 5.92 Å². The molecule has 2 aromatic heterocycles. The fraction of sp³-hybridized carbons (Fsp3) is 0.314. The van der Waals surface area contributed by atoms with E-state index in [0.717, 1.165) is 21.6 Å². The lowest BCUT2D eigenvalue weighted by Crippen LogP contribution is -2.41. The van der Waals surface area contributed by atoms with Gasteiger partial charge in [-0.3, -0.25) is 4.79 Å². The number of hydrogen-bond acceptors (Lipinski definition) is 9. The molecule has 0 bridgehead atoms. The summed E-state index contributed by atoms with van der Waals surface area (Å²) < 4.78 is 84.8. The SMILES string of the molecule is N#CCNC(=O)[C@@H]1CC(F)(F)CC[C@H]1c1ccccc1-c1ccc(SCCN(CCNS(=O)(=O)c2ccccn2)S(=O)(=O)c2ccccn2)cc1. The van der Waals surface area contributed by atoms with Crippen molar-refractivity contribution < 1.29 is 30.4 Å². The fourth-order valence-corrected chi connectivity index (χ4v) is 9.32.